The first kappa shape index (κ1) is 12.8. The first-order chi connectivity index (χ1) is 7.91. The van der Waals surface area contributed by atoms with Crippen LogP contribution < -0.4 is 11.1 Å². The van der Waals surface area contributed by atoms with Crippen LogP contribution >= 0.6 is 0 Å². The smallest absolute Gasteiger partial charge is 0.299 e. The van der Waals surface area contributed by atoms with Crippen molar-refractivity contribution in [2.75, 3.05) is 11.9 Å². The van der Waals surface area contributed by atoms with Crippen LogP contribution in [0.1, 0.15) is 6.92 Å². The molecule has 1 aromatic rings. The lowest BCUT2D eigenvalue weighted by atomic mass is 10.2. The minimum absolute atomic E-state index is 0.176. The summed E-state index contributed by atoms with van der Waals surface area (Å²) in [5, 5.41) is 24.0. The zero-order valence-corrected chi connectivity index (χ0v) is 9.12. The van der Waals surface area contributed by atoms with Crippen molar-refractivity contribution in [1.82, 2.24) is 0 Å². The molecule has 0 spiro atoms. The van der Waals surface area contributed by atoms with Crippen LogP contribution in [0.5, 0.6) is 0 Å². The highest BCUT2D eigenvalue weighted by Crippen LogP contribution is 2.28. The molecule has 0 heterocycles. The molecule has 0 bridgehead atoms. The van der Waals surface area contributed by atoms with Crippen LogP contribution in [0.4, 0.5) is 17.1 Å². The van der Waals surface area contributed by atoms with Crippen LogP contribution in [-0.2, 0) is 0 Å². The largest absolute Gasteiger partial charge is 0.378 e. The Morgan fingerprint density at radius 2 is 2.00 bits per heavy atom. The van der Waals surface area contributed by atoms with Gasteiger partial charge >= 0.3 is 0 Å². The number of benzene rings is 1. The van der Waals surface area contributed by atoms with E-state index in [4.69, 9.17) is 5.73 Å². The Kier molecular flexibility index (Phi) is 3.94. The second-order valence-corrected chi connectivity index (χ2v) is 3.57. The molecule has 0 fully saturated rings. The summed E-state index contributed by atoms with van der Waals surface area (Å²) in [5.74, 6) is 0. The van der Waals surface area contributed by atoms with Crippen molar-refractivity contribution in [3.63, 3.8) is 0 Å². The summed E-state index contributed by atoms with van der Waals surface area (Å²) in [4.78, 5) is 19.9. The lowest BCUT2D eigenvalue weighted by Crippen LogP contribution is -2.25. The minimum atomic E-state index is -0.678. The highest BCUT2D eigenvalue weighted by molar-refractivity contribution is 5.65. The van der Waals surface area contributed by atoms with Crippen LogP contribution in [0.25, 0.3) is 0 Å². The van der Waals surface area contributed by atoms with Crippen molar-refractivity contribution >= 4 is 17.1 Å². The number of nitrogens with two attached hydrogens (primary N) is 1. The van der Waals surface area contributed by atoms with E-state index in [9.17, 15) is 20.2 Å². The summed E-state index contributed by atoms with van der Waals surface area (Å²) in [6, 6.07) is 3.25. The van der Waals surface area contributed by atoms with Gasteiger partial charge in [0.2, 0.25) is 0 Å². The van der Waals surface area contributed by atoms with Gasteiger partial charge in [0, 0.05) is 18.7 Å². The van der Waals surface area contributed by atoms with Crippen LogP contribution in [0.2, 0.25) is 0 Å². The standard InChI is InChI=1S/C9H12N4O4/c1-6(10)5-11-8-3-2-7(12(14)15)4-9(8)13(16)17/h2-4,6,11H,5,10H2,1H3. The second-order valence-electron chi connectivity index (χ2n) is 3.57. The summed E-state index contributed by atoms with van der Waals surface area (Å²) in [7, 11) is 0. The van der Waals surface area contributed by atoms with Gasteiger partial charge in [-0.3, -0.25) is 20.2 Å². The van der Waals surface area contributed by atoms with Crippen molar-refractivity contribution in [2.45, 2.75) is 13.0 Å². The van der Waals surface area contributed by atoms with Gasteiger partial charge in [-0.25, -0.2) is 0 Å². The number of non-ortho nitro benzene ring substituents is 1. The van der Waals surface area contributed by atoms with Crippen LogP contribution in [0.15, 0.2) is 18.2 Å². The van der Waals surface area contributed by atoms with Crippen LogP contribution in [-0.4, -0.2) is 22.4 Å². The third-order valence-corrected chi connectivity index (χ3v) is 2.00. The van der Waals surface area contributed by atoms with E-state index in [1.54, 1.807) is 6.92 Å². The number of nitrogens with one attached hydrogen (secondary N) is 1. The highest BCUT2D eigenvalue weighted by Gasteiger charge is 2.19. The maximum absolute atomic E-state index is 10.8. The molecule has 0 aliphatic rings. The fraction of sp³-hybridized carbons (Fsp3) is 0.333. The summed E-state index contributed by atoms with van der Waals surface area (Å²) >= 11 is 0. The zero-order valence-electron chi connectivity index (χ0n) is 9.12. The summed E-state index contributed by atoms with van der Waals surface area (Å²) in [5.41, 5.74) is 5.07. The number of hydrogen-bond acceptors (Lipinski definition) is 6. The molecule has 8 heteroatoms. The third kappa shape index (κ3) is 3.38. The topological polar surface area (TPSA) is 124 Å². The molecule has 0 aliphatic heterocycles. The fourth-order valence-electron chi connectivity index (χ4n) is 1.21. The molecule has 0 saturated carbocycles. The van der Waals surface area contributed by atoms with Crippen molar-refractivity contribution < 1.29 is 9.85 Å². The van der Waals surface area contributed by atoms with E-state index in [1.165, 1.54) is 12.1 Å². The zero-order chi connectivity index (χ0) is 13.0. The molecule has 0 aliphatic carbocycles. The number of nitro groups is 2. The first-order valence-electron chi connectivity index (χ1n) is 4.84. The number of nitrogens with zero attached hydrogens (tertiary/aromatic N) is 2. The first-order valence-corrected chi connectivity index (χ1v) is 4.84. The van der Waals surface area contributed by atoms with E-state index in [-0.39, 0.29) is 23.1 Å². The number of nitro benzene ring substituents is 2. The molecule has 1 unspecified atom stereocenters. The van der Waals surface area contributed by atoms with E-state index < -0.39 is 9.85 Å². The molecule has 1 atom stereocenters. The molecule has 0 aromatic heterocycles. The van der Waals surface area contributed by atoms with Gasteiger partial charge in [0.25, 0.3) is 11.4 Å². The molecule has 0 radical (unpaired) electrons. The molecule has 1 aromatic carbocycles. The molecule has 0 amide bonds. The van der Waals surface area contributed by atoms with E-state index in [0.717, 1.165) is 6.07 Å². The molecular formula is C9H12N4O4. The number of anilines is 1. The third-order valence-electron chi connectivity index (χ3n) is 2.00. The van der Waals surface area contributed by atoms with Crippen molar-refractivity contribution in [2.24, 2.45) is 5.73 Å². The average Bonchev–Trinajstić information content (AvgIpc) is 2.25. The van der Waals surface area contributed by atoms with Gasteiger partial charge < -0.3 is 11.1 Å². The molecule has 8 nitrogen and oxygen atoms in total. The second kappa shape index (κ2) is 5.21. The summed E-state index contributed by atoms with van der Waals surface area (Å²) in [6.07, 6.45) is 0. The predicted octanol–water partition coefficient (Wildman–Crippen LogP) is 1.26. The van der Waals surface area contributed by atoms with Gasteiger partial charge in [0.05, 0.1) is 15.9 Å². The molecule has 92 valence electrons. The van der Waals surface area contributed by atoms with E-state index >= 15 is 0 Å². The van der Waals surface area contributed by atoms with Gasteiger partial charge in [0.1, 0.15) is 5.69 Å². The Bertz CT molecular complexity index is 447. The monoisotopic (exact) mass is 240 g/mol. The minimum Gasteiger partial charge on any atom is -0.378 e. The highest BCUT2D eigenvalue weighted by atomic mass is 16.6. The molecule has 1 rings (SSSR count). The van der Waals surface area contributed by atoms with E-state index in [2.05, 4.69) is 5.32 Å². The molecule has 0 saturated heterocycles. The predicted molar refractivity (Wildman–Crippen MR) is 61.9 cm³/mol. The van der Waals surface area contributed by atoms with Gasteiger partial charge in [0.15, 0.2) is 0 Å². The Morgan fingerprint density at radius 1 is 1.35 bits per heavy atom. The quantitative estimate of drug-likeness (QED) is 0.589. The van der Waals surface area contributed by atoms with Gasteiger partial charge in [-0.2, -0.15) is 0 Å². The van der Waals surface area contributed by atoms with Crippen molar-refractivity contribution in [3.05, 3.63) is 38.4 Å². The Morgan fingerprint density at radius 3 is 2.47 bits per heavy atom. The number of hydrogen-bond donors (Lipinski definition) is 2. The van der Waals surface area contributed by atoms with Crippen LogP contribution in [0, 0.1) is 20.2 Å². The Labute approximate surface area is 96.7 Å². The lowest BCUT2D eigenvalue weighted by molar-refractivity contribution is -0.393. The Hall–Kier alpha value is -2.22. The van der Waals surface area contributed by atoms with Crippen molar-refractivity contribution in [1.29, 1.82) is 0 Å². The maximum Gasteiger partial charge on any atom is 0.299 e. The number of rotatable bonds is 5. The maximum atomic E-state index is 10.8. The molecule has 17 heavy (non-hydrogen) atoms. The summed E-state index contributed by atoms with van der Waals surface area (Å²) < 4.78 is 0. The average molecular weight is 240 g/mol. The summed E-state index contributed by atoms with van der Waals surface area (Å²) in [6.45, 7) is 2.09. The lowest BCUT2D eigenvalue weighted by Gasteiger charge is -2.08. The van der Waals surface area contributed by atoms with Gasteiger partial charge in [-0.1, -0.05) is 0 Å². The van der Waals surface area contributed by atoms with Crippen LogP contribution in [0.3, 0.4) is 0 Å². The fourth-order valence-corrected chi connectivity index (χ4v) is 1.21. The van der Waals surface area contributed by atoms with E-state index in [1.807, 2.05) is 0 Å². The molecule has 3 N–H and O–H groups in total. The van der Waals surface area contributed by atoms with Crippen molar-refractivity contribution in [3.8, 4) is 0 Å². The SMILES string of the molecule is CC(N)CNc1ccc([N+](=O)[O-])cc1[N+](=O)[O-]. The van der Waals surface area contributed by atoms with Gasteiger partial charge in [-0.05, 0) is 13.0 Å². The molecular weight excluding hydrogens is 228 g/mol. The normalized spacial score (nSPS) is 11.9. The van der Waals surface area contributed by atoms with Gasteiger partial charge in [-0.15, -0.1) is 0 Å². The van der Waals surface area contributed by atoms with E-state index in [0.29, 0.717) is 6.54 Å². The Balaban J connectivity index is 3.04.